The Bertz CT molecular complexity index is 920. The molecule has 1 N–H and O–H groups in total. The van der Waals surface area contributed by atoms with E-state index >= 15 is 0 Å². The van der Waals surface area contributed by atoms with E-state index in [0.29, 0.717) is 6.54 Å². The van der Waals surface area contributed by atoms with E-state index in [1.165, 1.54) is 0 Å². The maximum absolute atomic E-state index is 11.8. The van der Waals surface area contributed by atoms with Gasteiger partial charge in [0.05, 0.1) is 12.7 Å². The van der Waals surface area contributed by atoms with Crippen LogP contribution in [0.2, 0.25) is 0 Å². The smallest absolute Gasteiger partial charge is 0.115 e. The molecule has 0 radical (unpaired) electrons. The summed E-state index contributed by atoms with van der Waals surface area (Å²) in [6.45, 7) is 0.365. The summed E-state index contributed by atoms with van der Waals surface area (Å²) in [7, 11) is 0. The molecule has 3 aromatic rings. The van der Waals surface area contributed by atoms with Crippen molar-refractivity contribution in [1.82, 2.24) is 15.0 Å². The lowest BCUT2D eigenvalue weighted by molar-refractivity contribution is -0.0303. The summed E-state index contributed by atoms with van der Waals surface area (Å²) in [4.78, 5) is 0. The van der Waals surface area contributed by atoms with Gasteiger partial charge in [-0.05, 0) is 37.0 Å². The number of hydrogen-bond acceptors (Lipinski definition) is 3. The van der Waals surface area contributed by atoms with Crippen LogP contribution in [0.15, 0.2) is 77.4 Å². The van der Waals surface area contributed by atoms with Gasteiger partial charge in [-0.3, -0.25) is 0 Å². The maximum Gasteiger partial charge on any atom is 0.115 e. The van der Waals surface area contributed by atoms with Crippen molar-refractivity contribution in [3.8, 4) is 11.3 Å². The molecule has 1 aliphatic carbocycles. The highest BCUT2D eigenvalue weighted by atomic mass is 79.9. The van der Waals surface area contributed by atoms with E-state index in [1.54, 1.807) is 4.68 Å². The van der Waals surface area contributed by atoms with Crippen LogP contribution in [0.1, 0.15) is 24.8 Å². The monoisotopic (exact) mass is 423 g/mol. The summed E-state index contributed by atoms with van der Waals surface area (Å²) < 4.78 is 2.76. The molecule has 4 rings (SSSR count). The van der Waals surface area contributed by atoms with Crippen LogP contribution in [-0.4, -0.2) is 20.1 Å². The highest BCUT2D eigenvalue weighted by molar-refractivity contribution is 9.10. The topological polar surface area (TPSA) is 50.9 Å². The largest absolute Gasteiger partial charge is 0.383 e. The van der Waals surface area contributed by atoms with Crippen LogP contribution in [0, 0.1) is 5.92 Å². The second kappa shape index (κ2) is 7.79. The Morgan fingerprint density at radius 3 is 2.59 bits per heavy atom. The van der Waals surface area contributed by atoms with E-state index in [4.69, 9.17) is 0 Å². The number of aliphatic hydroxyl groups is 1. The predicted octanol–water partition coefficient (Wildman–Crippen LogP) is 4.95. The molecular weight excluding hydrogens is 402 g/mol. The molecule has 1 heterocycles. The molecule has 2 atom stereocenters. The molecule has 1 aromatic heterocycles. The first kappa shape index (κ1) is 18.1. The third kappa shape index (κ3) is 3.89. The number of hydrogen-bond donors (Lipinski definition) is 1. The van der Waals surface area contributed by atoms with Crippen LogP contribution in [0.4, 0.5) is 0 Å². The van der Waals surface area contributed by atoms with E-state index in [9.17, 15) is 5.11 Å². The van der Waals surface area contributed by atoms with Crippen molar-refractivity contribution in [3.05, 3.63) is 83.0 Å². The fourth-order valence-corrected chi connectivity index (χ4v) is 4.00. The molecular formula is C22H22BrN3O. The minimum Gasteiger partial charge on any atom is -0.383 e. The zero-order chi connectivity index (χ0) is 18.7. The second-order valence-corrected chi connectivity index (χ2v) is 7.98. The van der Waals surface area contributed by atoms with E-state index in [2.05, 4.69) is 38.4 Å². The van der Waals surface area contributed by atoms with Gasteiger partial charge in [0.25, 0.3) is 0 Å². The van der Waals surface area contributed by atoms with Gasteiger partial charge in [0, 0.05) is 16.0 Å². The van der Waals surface area contributed by atoms with Crippen LogP contribution in [0.25, 0.3) is 11.3 Å². The van der Waals surface area contributed by atoms with Crippen LogP contribution >= 0.6 is 15.9 Å². The summed E-state index contributed by atoms with van der Waals surface area (Å²) in [5.41, 5.74) is 1.71. The molecule has 4 nitrogen and oxygen atoms in total. The Balaban J connectivity index is 1.67. The number of aromatic nitrogens is 3. The van der Waals surface area contributed by atoms with Gasteiger partial charge in [0.1, 0.15) is 11.3 Å². The lowest BCUT2D eigenvalue weighted by atomic mass is 9.76. The van der Waals surface area contributed by atoms with Gasteiger partial charge in [-0.1, -0.05) is 75.8 Å². The number of halogens is 1. The molecule has 0 aliphatic heterocycles. The van der Waals surface area contributed by atoms with Crippen LogP contribution in [0.3, 0.4) is 0 Å². The Hall–Kier alpha value is -2.24. The van der Waals surface area contributed by atoms with Gasteiger partial charge in [0.15, 0.2) is 0 Å². The molecule has 0 saturated heterocycles. The molecule has 27 heavy (non-hydrogen) atoms. The normalized spacial score (nSPS) is 19.0. The van der Waals surface area contributed by atoms with Crippen LogP contribution in [-0.2, 0) is 12.1 Å². The third-order valence-electron chi connectivity index (χ3n) is 5.22. The number of allylic oxidation sites excluding steroid dienone is 1. The SMILES string of the molecule is O[C@@](Cn1cc(-c2ccccc2)nn1)(c1ccc(Br)cc1)[C@@H]1C=CCCC1. The Labute approximate surface area is 167 Å². The lowest BCUT2D eigenvalue weighted by Gasteiger charge is -2.36. The molecule has 2 aromatic carbocycles. The average Bonchev–Trinajstić information content (AvgIpc) is 3.18. The number of nitrogens with zero attached hydrogens (tertiary/aromatic N) is 3. The first-order chi connectivity index (χ1) is 13.1. The Morgan fingerprint density at radius 1 is 1.11 bits per heavy atom. The molecule has 0 amide bonds. The molecule has 0 bridgehead atoms. The van der Waals surface area contributed by atoms with Crippen molar-refractivity contribution in [2.45, 2.75) is 31.4 Å². The van der Waals surface area contributed by atoms with E-state index in [0.717, 1.165) is 40.6 Å². The minimum atomic E-state index is -1.03. The molecule has 138 valence electrons. The van der Waals surface area contributed by atoms with Gasteiger partial charge in [-0.25, -0.2) is 4.68 Å². The Kier molecular flexibility index (Phi) is 5.23. The summed E-state index contributed by atoms with van der Waals surface area (Å²) in [6, 6.07) is 17.9. The van der Waals surface area contributed by atoms with Crippen LogP contribution in [0.5, 0.6) is 0 Å². The van der Waals surface area contributed by atoms with Crippen molar-refractivity contribution in [2.75, 3.05) is 0 Å². The van der Waals surface area contributed by atoms with E-state index < -0.39 is 5.60 Å². The maximum atomic E-state index is 11.8. The third-order valence-corrected chi connectivity index (χ3v) is 5.75. The Morgan fingerprint density at radius 2 is 1.89 bits per heavy atom. The first-order valence-electron chi connectivity index (χ1n) is 9.26. The second-order valence-electron chi connectivity index (χ2n) is 7.06. The summed E-state index contributed by atoms with van der Waals surface area (Å²) in [5, 5.41) is 20.4. The highest BCUT2D eigenvalue weighted by Crippen LogP contribution is 2.38. The molecule has 0 spiro atoms. The van der Waals surface area contributed by atoms with Gasteiger partial charge in [0.2, 0.25) is 0 Å². The summed E-state index contributed by atoms with van der Waals surface area (Å²) >= 11 is 3.48. The quantitative estimate of drug-likeness (QED) is 0.590. The van der Waals surface area contributed by atoms with Crippen molar-refractivity contribution in [2.24, 2.45) is 5.92 Å². The summed E-state index contributed by atoms with van der Waals surface area (Å²) in [6.07, 6.45) is 9.37. The minimum absolute atomic E-state index is 0.0526. The van der Waals surface area contributed by atoms with Gasteiger partial charge >= 0.3 is 0 Å². The van der Waals surface area contributed by atoms with Gasteiger partial charge in [-0.15, -0.1) is 5.10 Å². The zero-order valence-corrected chi connectivity index (χ0v) is 16.6. The van der Waals surface area contributed by atoms with E-state index in [-0.39, 0.29) is 5.92 Å². The van der Waals surface area contributed by atoms with Gasteiger partial charge < -0.3 is 5.11 Å². The average molecular weight is 424 g/mol. The molecule has 0 fully saturated rings. The van der Waals surface area contributed by atoms with E-state index in [1.807, 2.05) is 60.8 Å². The first-order valence-corrected chi connectivity index (χ1v) is 10.0. The van der Waals surface area contributed by atoms with Crippen molar-refractivity contribution in [1.29, 1.82) is 0 Å². The lowest BCUT2D eigenvalue weighted by Crippen LogP contribution is -2.39. The predicted molar refractivity (Wildman–Crippen MR) is 110 cm³/mol. The molecule has 1 aliphatic rings. The standard InChI is InChI=1S/C22H22BrN3O/c23-20-13-11-19(12-14-20)22(27,18-9-5-2-6-10-18)16-26-15-21(24-25-26)17-7-3-1-4-8-17/h1,3-5,7-9,11-15,18,27H,2,6,10,16H2/t18-,22-/m1/s1. The summed E-state index contributed by atoms with van der Waals surface area (Å²) in [5.74, 6) is 0.0526. The molecule has 0 unspecified atom stereocenters. The molecule has 5 heteroatoms. The fourth-order valence-electron chi connectivity index (χ4n) is 3.74. The van der Waals surface area contributed by atoms with Crippen molar-refractivity contribution < 1.29 is 5.11 Å². The highest BCUT2D eigenvalue weighted by Gasteiger charge is 2.38. The van der Waals surface area contributed by atoms with Gasteiger partial charge in [-0.2, -0.15) is 0 Å². The van der Waals surface area contributed by atoms with Crippen LogP contribution < -0.4 is 0 Å². The van der Waals surface area contributed by atoms with Crippen molar-refractivity contribution >= 4 is 15.9 Å². The zero-order valence-electron chi connectivity index (χ0n) is 15.0. The number of rotatable bonds is 5. The van der Waals surface area contributed by atoms with Crippen molar-refractivity contribution in [3.63, 3.8) is 0 Å². The number of benzene rings is 2. The fraction of sp³-hybridized carbons (Fsp3) is 0.273. The molecule has 0 saturated carbocycles.